The summed E-state index contributed by atoms with van der Waals surface area (Å²) >= 11 is 0. The van der Waals surface area contributed by atoms with Gasteiger partial charge in [0.15, 0.2) is 6.23 Å². The molecule has 1 aliphatic heterocycles. The molecule has 112 valence electrons. The van der Waals surface area contributed by atoms with Crippen LogP contribution in [-0.2, 0) is 4.74 Å². The Morgan fingerprint density at radius 3 is 2.81 bits per heavy atom. The maximum Gasteiger partial charge on any atom is 0.330 e. The quantitative estimate of drug-likeness (QED) is 0.615. The van der Waals surface area contributed by atoms with E-state index in [9.17, 15) is 19.8 Å². The van der Waals surface area contributed by atoms with Gasteiger partial charge in [0.25, 0.3) is 5.56 Å². The summed E-state index contributed by atoms with van der Waals surface area (Å²) in [7, 11) is 0. The zero-order valence-electron chi connectivity index (χ0n) is 10.9. The Labute approximate surface area is 118 Å². The van der Waals surface area contributed by atoms with Gasteiger partial charge in [0.05, 0.1) is 19.0 Å². The molecule has 0 spiro atoms. The normalized spacial score (nSPS) is 28.9. The van der Waals surface area contributed by atoms with Crippen molar-refractivity contribution in [2.75, 3.05) is 6.61 Å². The minimum Gasteiger partial charge on any atom is -0.394 e. The van der Waals surface area contributed by atoms with E-state index in [0.717, 1.165) is 10.6 Å². The van der Waals surface area contributed by atoms with Crippen molar-refractivity contribution in [2.45, 2.75) is 24.5 Å². The summed E-state index contributed by atoms with van der Waals surface area (Å²) < 4.78 is 8.26. The fourth-order valence-electron chi connectivity index (χ4n) is 2.55. The molecule has 0 saturated carbocycles. The van der Waals surface area contributed by atoms with Gasteiger partial charge in [-0.1, -0.05) is 0 Å². The molecule has 3 heterocycles. The van der Waals surface area contributed by atoms with Crippen LogP contribution in [0.1, 0.15) is 12.3 Å². The van der Waals surface area contributed by atoms with Crippen molar-refractivity contribution in [1.82, 2.24) is 19.1 Å². The summed E-state index contributed by atoms with van der Waals surface area (Å²) in [5.74, 6) is 0. The molecular formula is C12H14N4O5. The van der Waals surface area contributed by atoms with Crippen LogP contribution in [0.4, 0.5) is 0 Å². The van der Waals surface area contributed by atoms with Crippen molar-refractivity contribution in [2.24, 2.45) is 0 Å². The van der Waals surface area contributed by atoms with Crippen LogP contribution < -0.4 is 11.2 Å². The molecule has 21 heavy (non-hydrogen) atoms. The first kappa shape index (κ1) is 13.7. The van der Waals surface area contributed by atoms with Gasteiger partial charge in [-0.15, -0.1) is 0 Å². The van der Waals surface area contributed by atoms with E-state index in [0.29, 0.717) is 0 Å². The molecule has 2 aromatic heterocycles. The highest BCUT2D eigenvalue weighted by atomic mass is 16.5. The molecule has 0 amide bonds. The highest BCUT2D eigenvalue weighted by Crippen LogP contribution is 2.36. The van der Waals surface area contributed by atoms with E-state index in [2.05, 4.69) is 9.97 Å². The lowest BCUT2D eigenvalue weighted by Gasteiger charge is -2.20. The predicted octanol–water partition coefficient (Wildman–Crippen LogP) is -1.77. The Hall–Kier alpha value is -2.23. The van der Waals surface area contributed by atoms with Gasteiger partial charge >= 0.3 is 5.69 Å². The summed E-state index contributed by atoms with van der Waals surface area (Å²) in [5.41, 5.74) is -1.22. The van der Waals surface area contributed by atoms with E-state index in [1.54, 1.807) is 17.0 Å². The van der Waals surface area contributed by atoms with Gasteiger partial charge in [0, 0.05) is 24.7 Å². The zero-order valence-corrected chi connectivity index (χ0v) is 10.9. The van der Waals surface area contributed by atoms with Crippen molar-refractivity contribution in [3.05, 3.63) is 51.8 Å². The van der Waals surface area contributed by atoms with Crippen LogP contribution >= 0.6 is 0 Å². The van der Waals surface area contributed by atoms with Crippen LogP contribution in [0, 0.1) is 0 Å². The van der Waals surface area contributed by atoms with Gasteiger partial charge < -0.3 is 19.5 Å². The van der Waals surface area contributed by atoms with Gasteiger partial charge in [-0.25, -0.2) is 9.78 Å². The van der Waals surface area contributed by atoms with Crippen molar-refractivity contribution < 1.29 is 14.9 Å². The van der Waals surface area contributed by atoms with Crippen LogP contribution in [0.5, 0.6) is 0 Å². The molecule has 3 rings (SSSR count). The third kappa shape index (κ3) is 2.31. The fourth-order valence-corrected chi connectivity index (χ4v) is 2.55. The van der Waals surface area contributed by atoms with Crippen molar-refractivity contribution in [3.63, 3.8) is 0 Å². The Bertz CT molecular complexity index is 722. The number of aromatic amines is 1. The first-order valence-electron chi connectivity index (χ1n) is 6.35. The Morgan fingerprint density at radius 2 is 2.19 bits per heavy atom. The molecule has 0 unspecified atom stereocenters. The monoisotopic (exact) mass is 294 g/mol. The van der Waals surface area contributed by atoms with E-state index in [-0.39, 0.29) is 6.61 Å². The molecule has 2 aromatic rings. The topological polar surface area (TPSA) is 122 Å². The number of nitrogens with zero attached hydrogens (tertiary/aromatic N) is 3. The summed E-state index contributed by atoms with van der Waals surface area (Å²) in [6.45, 7) is -0.325. The van der Waals surface area contributed by atoms with Crippen LogP contribution in [0.25, 0.3) is 0 Å². The van der Waals surface area contributed by atoms with Crippen LogP contribution in [0.2, 0.25) is 0 Å². The average Bonchev–Trinajstić information content (AvgIpc) is 3.06. The molecule has 1 saturated heterocycles. The molecule has 0 radical (unpaired) electrons. The Morgan fingerprint density at radius 1 is 1.38 bits per heavy atom. The third-order valence-electron chi connectivity index (χ3n) is 3.51. The standard InChI is InChI=1S/C12H14N4O5/c17-5-7-9(15-4-2-13-6-15)10(19)11(21-7)16-3-1-8(18)14-12(16)20/h1-4,6-7,9-11,17,19H,5H2,(H,14,18,20)/t7-,9-,10+,11-/m1/s1. The number of aliphatic hydroxyl groups excluding tert-OH is 2. The minimum atomic E-state index is -1.08. The fraction of sp³-hybridized carbons (Fsp3) is 0.417. The molecule has 1 aliphatic rings. The molecule has 0 aromatic carbocycles. The SMILES string of the molecule is O=c1ccn([C@@H]2O[C@H](CO)[C@@H](n3ccnc3)[C@@H]2O)c(=O)[nH]1. The van der Waals surface area contributed by atoms with E-state index in [4.69, 9.17) is 4.74 Å². The van der Waals surface area contributed by atoms with Crippen LogP contribution in [0.15, 0.2) is 40.6 Å². The highest BCUT2D eigenvalue weighted by Gasteiger charge is 2.45. The van der Waals surface area contributed by atoms with Gasteiger partial charge in [0.2, 0.25) is 0 Å². The number of hydrogen-bond acceptors (Lipinski definition) is 6. The van der Waals surface area contributed by atoms with Crippen molar-refractivity contribution >= 4 is 0 Å². The van der Waals surface area contributed by atoms with Gasteiger partial charge in [0.1, 0.15) is 12.2 Å². The molecule has 3 N–H and O–H groups in total. The third-order valence-corrected chi connectivity index (χ3v) is 3.51. The largest absolute Gasteiger partial charge is 0.394 e. The molecule has 9 heteroatoms. The number of H-pyrrole nitrogens is 1. The highest BCUT2D eigenvalue weighted by molar-refractivity contribution is 4.97. The molecule has 9 nitrogen and oxygen atoms in total. The number of hydrogen-bond donors (Lipinski definition) is 3. The van der Waals surface area contributed by atoms with Gasteiger partial charge in [-0.3, -0.25) is 14.3 Å². The maximum atomic E-state index is 11.8. The average molecular weight is 294 g/mol. The number of nitrogens with one attached hydrogen (secondary N) is 1. The van der Waals surface area contributed by atoms with Gasteiger partial charge in [-0.05, 0) is 0 Å². The lowest BCUT2D eigenvalue weighted by molar-refractivity contribution is -0.0534. The maximum absolute atomic E-state index is 11.8. The molecule has 1 fully saturated rings. The van der Waals surface area contributed by atoms with Crippen LogP contribution in [0.3, 0.4) is 0 Å². The van der Waals surface area contributed by atoms with E-state index < -0.39 is 35.7 Å². The predicted molar refractivity (Wildman–Crippen MR) is 69.6 cm³/mol. The number of rotatable bonds is 3. The summed E-state index contributed by atoms with van der Waals surface area (Å²) in [5, 5.41) is 19.8. The zero-order chi connectivity index (χ0) is 15.0. The van der Waals surface area contributed by atoms with Crippen molar-refractivity contribution in [3.8, 4) is 0 Å². The number of aliphatic hydroxyl groups is 2. The van der Waals surface area contributed by atoms with Gasteiger partial charge in [-0.2, -0.15) is 0 Å². The second kappa shape index (κ2) is 5.28. The van der Waals surface area contributed by atoms with E-state index in [1.807, 2.05) is 0 Å². The van der Waals surface area contributed by atoms with E-state index in [1.165, 1.54) is 12.5 Å². The smallest absolute Gasteiger partial charge is 0.330 e. The van der Waals surface area contributed by atoms with Crippen LogP contribution in [-0.4, -0.2) is 48.1 Å². The molecule has 0 bridgehead atoms. The van der Waals surface area contributed by atoms with Crippen molar-refractivity contribution in [1.29, 1.82) is 0 Å². The summed E-state index contributed by atoms with van der Waals surface area (Å²) in [6.07, 6.45) is 3.15. The number of imidazole rings is 1. The molecule has 0 aliphatic carbocycles. The summed E-state index contributed by atoms with van der Waals surface area (Å²) in [4.78, 5) is 28.9. The first-order valence-corrected chi connectivity index (χ1v) is 6.35. The first-order chi connectivity index (χ1) is 10.1. The summed E-state index contributed by atoms with van der Waals surface area (Å²) in [6, 6.07) is 0.581. The number of ether oxygens (including phenoxy) is 1. The van der Waals surface area contributed by atoms with E-state index >= 15 is 0 Å². The molecule has 4 atom stereocenters. The lowest BCUT2D eigenvalue weighted by Crippen LogP contribution is -2.36. The Balaban J connectivity index is 1.98. The minimum absolute atomic E-state index is 0.325. The second-order valence-corrected chi connectivity index (χ2v) is 4.76. The number of aromatic nitrogens is 4. The molecular weight excluding hydrogens is 280 g/mol. The lowest BCUT2D eigenvalue weighted by atomic mass is 10.1. The Kier molecular flexibility index (Phi) is 3.45. The second-order valence-electron chi connectivity index (χ2n) is 4.76.